The molecule has 1 fully saturated rings. The molecule has 2 atom stereocenters. The SMILES string of the molecule is CC(=O)c1ccc(C#N)c(NC2CN(Cc3ccccc3)CC2C)c1. The van der Waals surface area contributed by atoms with Gasteiger partial charge in [-0.2, -0.15) is 5.26 Å². The van der Waals surface area contributed by atoms with E-state index in [1.165, 1.54) is 5.56 Å². The molecule has 4 nitrogen and oxygen atoms in total. The molecular formula is C21H23N3O. The summed E-state index contributed by atoms with van der Waals surface area (Å²) >= 11 is 0. The number of rotatable bonds is 5. The Kier molecular flexibility index (Phi) is 5.16. The first-order valence-corrected chi connectivity index (χ1v) is 8.64. The van der Waals surface area contributed by atoms with E-state index in [0.717, 1.165) is 25.3 Å². The first-order chi connectivity index (χ1) is 12.1. The minimum Gasteiger partial charge on any atom is -0.380 e. The fourth-order valence-corrected chi connectivity index (χ4v) is 3.41. The number of carbonyl (C=O) groups is 1. The van der Waals surface area contributed by atoms with Crippen LogP contribution in [-0.4, -0.2) is 29.8 Å². The van der Waals surface area contributed by atoms with Crippen LogP contribution in [-0.2, 0) is 6.54 Å². The number of hydrogen-bond donors (Lipinski definition) is 1. The molecule has 2 unspecified atom stereocenters. The van der Waals surface area contributed by atoms with Crippen molar-refractivity contribution in [3.05, 3.63) is 65.2 Å². The van der Waals surface area contributed by atoms with Crippen LogP contribution in [0.1, 0.15) is 35.3 Å². The highest BCUT2D eigenvalue weighted by atomic mass is 16.1. The van der Waals surface area contributed by atoms with Crippen molar-refractivity contribution in [1.82, 2.24) is 4.90 Å². The van der Waals surface area contributed by atoms with Gasteiger partial charge in [-0.25, -0.2) is 0 Å². The molecule has 1 heterocycles. The van der Waals surface area contributed by atoms with Gasteiger partial charge in [0.2, 0.25) is 0 Å². The van der Waals surface area contributed by atoms with Crippen LogP contribution in [0.4, 0.5) is 5.69 Å². The second-order valence-corrected chi connectivity index (χ2v) is 6.84. The molecular weight excluding hydrogens is 310 g/mol. The number of carbonyl (C=O) groups excluding carboxylic acids is 1. The van der Waals surface area contributed by atoms with E-state index in [0.29, 0.717) is 17.0 Å². The Labute approximate surface area is 149 Å². The molecule has 0 spiro atoms. The fraction of sp³-hybridized carbons (Fsp3) is 0.333. The van der Waals surface area contributed by atoms with Crippen molar-refractivity contribution in [3.8, 4) is 6.07 Å². The van der Waals surface area contributed by atoms with Gasteiger partial charge in [0.1, 0.15) is 6.07 Å². The zero-order valence-corrected chi connectivity index (χ0v) is 14.7. The number of nitrogens with zero attached hydrogens (tertiary/aromatic N) is 2. The lowest BCUT2D eigenvalue weighted by Crippen LogP contribution is -2.28. The van der Waals surface area contributed by atoms with Crippen molar-refractivity contribution in [2.45, 2.75) is 26.4 Å². The first-order valence-electron chi connectivity index (χ1n) is 8.64. The van der Waals surface area contributed by atoms with Gasteiger partial charge in [0.25, 0.3) is 0 Å². The van der Waals surface area contributed by atoms with Crippen molar-refractivity contribution in [2.75, 3.05) is 18.4 Å². The summed E-state index contributed by atoms with van der Waals surface area (Å²) in [6, 6.07) is 18.2. The third kappa shape index (κ3) is 4.07. The second-order valence-electron chi connectivity index (χ2n) is 6.84. The normalized spacial score (nSPS) is 20.2. The summed E-state index contributed by atoms with van der Waals surface area (Å²) in [6.07, 6.45) is 0. The van der Waals surface area contributed by atoms with Gasteiger partial charge >= 0.3 is 0 Å². The number of nitriles is 1. The maximum Gasteiger partial charge on any atom is 0.159 e. The van der Waals surface area contributed by atoms with Gasteiger partial charge in [-0.15, -0.1) is 0 Å². The molecule has 1 aliphatic rings. The van der Waals surface area contributed by atoms with Gasteiger partial charge in [-0.1, -0.05) is 37.3 Å². The minimum atomic E-state index is 0.0118. The molecule has 0 aromatic heterocycles. The zero-order chi connectivity index (χ0) is 17.8. The largest absolute Gasteiger partial charge is 0.380 e. The molecule has 0 amide bonds. The third-order valence-electron chi connectivity index (χ3n) is 4.82. The highest BCUT2D eigenvalue weighted by Crippen LogP contribution is 2.25. The Morgan fingerprint density at radius 2 is 2.00 bits per heavy atom. The lowest BCUT2D eigenvalue weighted by atomic mass is 10.0. The smallest absolute Gasteiger partial charge is 0.159 e. The molecule has 1 aliphatic heterocycles. The summed E-state index contributed by atoms with van der Waals surface area (Å²) < 4.78 is 0. The van der Waals surface area contributed by atoms with Gasteiger partial charge in [-0.05, 0) is 36.6 Å². The van der Waals surface area contributed by atoms with E-state index in [1.54, 1.807) is 25.1 Å². The average Bonchev–Trinajstić information content (AvgIpc) is 2.94. The molecule has 0 bridgehead atoms. The van der Waals surface area contributed by atoms with Gasteiger partial charge in [0.05, 0.1) is 11.3 Å². The zero-order valence-electron chi connectivity index (χ0n) is 14.7. The summed E-state index contributed by atoms with van der Waals surface area (Å²) in [5.41, 5.74) is 3.28. The van der Waals surface area contributed by atoms with Gasteiger partial charge < -0.3 is 5.32 Å². The van der Waals surface area contributed by atoms with Crippen LogP contribution in [0.2, 0.25) is 0 Å². The second kappa shape index (κ2) is 7.50. The standard InChI is InChI=1S/C21H23N3O/c1-15-12-24(13-17-6-4-3-5-7-17)14-21(15)23-20-10-18(16(2)25)8-9-19(20)11-22/h3-10,15,21,23H,12-14H2,1-2H3. The van der Waals surface area contributed by atoms with E-state index in [1.807, 2.05) is 6.07 Å². The van der Waals surface area contributed by atoms with Gasteiger partial charge in [0.15, 0.2) is 5.78 Å². The predicted molar refractivity (Wildman–Crippen MR) is 99.5 cm³/mol. The maximum atomic E-state index is 11.6. The molecule has 128 valence electrons. The van der Waals surface area contributed by atoms with Crippen LogP contribution in [0, 0.1) is 17.2 Å². The number of Topliss-reactive ketones (excluding diaryl/α,β-unsaturated/α-hetero) is 1. The van der Waals surface area contributed by atoms with E-state index in [9.17, 15) is 10.1 Å². The Morgan fingerprint density at radius 1 is 1.24 bits per heavy atom. The Hall–Kier alpha value is -2.64. The van der Waals surface area contributed by atoms with Crippen molar-refractivity contribution >= 4 is 11.5 Å². The van der Waals surface area contributed by atoms with Crippen LogP contribution < -0.4 is 5.32 Å². The highest BCUT2D eigenvalue weighted by Gasteiger charge is 2.29. The Bertz CT molecular complexity index is 795. The van der Waals surface area contributed by atoms with Crippen LogP contribution in [0.5, 0.6) is 0 Å². The predicted octanol–water partition coefficient (Wildman–Crippen LogP) is 3.69. The summed E-state index contributed by atoms with van der Waals surface area (Å²) in [5, 5.41) is 12.9. The summed E-state index contributed by atoms with van der Waals surface area (Å²) in [7, 11) is 0. The highest BCUT2D eigenvalue weighted by molar-refractivity contribution is 5.95. The van der Waals surface area contributed by atoms with Crippen LogP contribution in [0.25, 0.3) is 0 Å². The van der Waals surface area contributed by atoms with Crippen LogP contribution in [0.3, 0.4) is 0 Å². The average molecular weight is 333 g/mol. The Morgan fingerprint density at radius 3 is 2.68 bits per heavy atom. The Balaban J connectivity index is 1.72. The van der Waals surface area contributed by atoms with E-state index >= 15 is 0 Å². The third-order valence-corrected chi connectivity index (χ3v) is 4.82. The number of hydrogen-bond acceptors (Lipinski definition) is 4. The lowest BCUT2D eigenvalue weighted by molar-refractivity contribution is 0.101. The molecule has 2 aromatic rings. The van der Waals surface area contributed by atoms with Crippen molar-refractivity contribution in [3.63, 3.8) is 0 Å². The molecule has 2 aromatic carbocycles. The van der Waals surface area contributed by atoms with Crippen molar-refractivity contribution < 1.29 is 4.79 Å². The lowest BCUT2D eigenvalue weighted by Gasteiger charge is -2.20. The quantitative estimate of drug-likeness (QED) is 0.848. The minimum absolute atomic E-state index is 0.0118. The number of anilines is 1. The van der Waals surface area contributed by atoms with E-state index in [2.05, 4.69) is 47.5 Å². The molecule has 0 saturated carbocycles. The van der Waals surface area contributed by atoms with E-state index < -0.39 is 0 Å². The van der Waals surface area contributed by atoms with Crippen molar-refractivity contribution in [1.29, 1.82) is 5.26 Å². The molecule has 0 aliphatic carbocycles. The first kappa shape index (κ1) is 17.2. The van der Waals surface area contributed by atoms with Gasteiger partial charge in [0, 0.05) is 31.2 Å². The summed E-state index contributed by atoms with van der Waals surface area (Å²) in [6.45, 7) is 6.64. The van der Waals surface area contributed by atoms with E-state index in [4.69, 9.17) is 0 Å². The molecule has 3 rings (SSSR count). The van der Waals surface area contributed by atoms with Crippen LogP contribution >= 0.6 is 0 Å². The maximum absolute atomic E-state index is 11.6. The van der Waals surface area contributed by atoms with Crippen molar-refractivity contribution in [2.24, 2.45) is 5.92 Å². The molecule has 1 N–H and O–H groups in total. The number of benzene rings is 2. The summed E-state index contributed by atoms with van der Waals surface area (Å²) in [4.78, 5) is 14.1. The number of nitrogens with one attached hydrogen (secondary N) is 1. The number of likely N-dealkylation sites (tertiary alicyclic amines) is 1. The molecule has 25 heavy (non-hydrogen) atoms. The monoisotopic (exact) mass is 333 g/mol. The van der Waals surface area contributed by atoms with Gasteiger partial charge in [-0.3, -0.25) is 9.69 Å². The number of ketones is 1. The topological polar surface area (TPSA) is 56.1 Å². The van der Waals surface area contributed by atoms with Crippen LogP contribution in [0.15, 0.2) is 48.5 Å². The summed E-state index contributed by atoms with van der Waals surface area (Å²) in [5.74, 6) is 0.481. The molecule has 0 radical (unpaired) electrons. The molecule has 4 heteroatoms. The molecule has 1 saturated heterocycles. The van der Waals surface area contributed by atoms with E-state index in [-0.39, 0.29) is 11.8 Å². The fourth-order valence-electron chi connectivity index (χ4n) is 3.41.